The van der Waals surface area contributed by atoms with E-state index >= 15 is 0 Å². The third kappa shape index (κ3) is 5.46. The normalized spacial score (nSPS) is 11.8. The minimum Gasteiger partial charge on any atom is -0.483 e. The van der Waals surface area contributed by atoms with Crippen LogP contribution in [0.1, 0.15) is 32.3 Å². The summed E-state index contributed by atoms with van der Waals surface area (Å²) < 4.78 is 6.35. The molecule has 1 rings (SSSR count). The zero-order valence-electron chi connectivity index (χ0n) is 11.6. The van der Waals surface area contributed by atoms with E-state index in [1.54, 1.807) is 12.1 Å². The van der Waals surface area contributed by atoms with E-state index in [1.807, 2.05) is 13.0 Å². The summed E-state index contributed by atoms with van der Waals surface area (Å²) in [6, 6.07) is 5.47. The van der Waals surface area contributed by atoms with E-state index in [0.29, 0.717) is 11.3 Å². The van der Waals surface area contributed by atoms with Gasteiger partial charge in [0.25, 0.3) is 5.91 Å². The predicted molar refractivity (Wildman–Crippen MR) is 88.0 cm³/mol. The molecule has 1 aromatic carbocycles. The van der Waals surface area contributed by atoms with Crippen molar-refractivity contribution in [2.75, 3.05) is 6.61 Å². The Morgan fingerprint density at radius 2 is 2.25 bits per heavy atom. The maximum atomic E-state index is 11.7. The van der Waals surface area contributed by atoms with Gasteiger partial charge in [0.1, 0.15) is 10.7 Å². The lowest BCUT2D eigenvalue weighted by molar-refractivity contribution is -0.123. The largest absolute Gasteiger partial charge is 0.483 e. The molecule has 20 heavy (non-hydrogen) atoms. The highest BCUT2D eigenvalue weighted by atomic mass is 79.9. The molecule has 1 atom stereocenters. The first-order chi connectivity index (χ1) is 9.43. The highest BCUT2D eigenvalue weighted by Crippen LogP contribution is 2.23. The number of nitrogens with one attached hydrogen (secondary N) is 1. The number of thiocarbonyl (C=S) groups is 1. The Hall–Kier alpha value is -1.14. The highest BCUT2D eigenvalue weighted by molar-refractivity contribution is 9.10. The van der Waals surface area contributed by atoms with Crippen molar-refractivity contribution in [1.82, 2.24) is 5.32 Å². The van der Waals surface area contributed by atoms with Crippen LogP contribution >= 0.6 is 28.1 Å². The fourth-order valence-electron chi connectivity index (χ4n) is 1.79. The number of amides is 1. The van der Waals surface area contributed by atoms with Crippen molar-refractivity contribution in [3.8, 4) is 5.75 Å². The number of rotatable bonds is 7. The van der Waals surface area contributed by atoms with Crippen molar-refractivity contribution in [3.05, 3.63) is 28.2 Å². The van der Waals surface area contributed by atoms with Crippen molar-refractivity contribution >= 4 is 39.0 Å². The Balaban J connectivity index is 2.61. The first-order valence-corrected chi connectivity index (χ1v) is 7.65. The smallest absolute Gasteiger partial charge is 0.258 e. The molecule has 0 spiro atoms. The Morgan fingerprint density at radius 3 is 2.85 bits per heavy atom. The van der Waals surface area contributed by atoms with Crippen LogP contribution in [0.25, 0.3) is 0 Å². The van der Waals surface area contributed by atoms with Gasteiger partial charge in [-0.2, -0.15) is 0 Å². The average Bonchev–Trinajstić information content (AvgIpc) is 2.37. The second kappa shape index (κ2) is 8.21. The standard InChI is InChI=1S/C14H19BrN2O2S/c1-3-4-9(2)17-13(18)8-19-12-6-5-10(15)7-11(12)14(16)20/h5-7,9H,3-4,8H2,1-2H3,(H2,16,20)(H,17,18). The molecule has 0 aliphatic carbocycles. The zero-order chi connectivity index (χ0) is 15.1. The molecule has 0 bridgehead atoms. The summed E-state index contributed by atoms with van der Waals surface area (Å²) in [5, 5.41) is 2.87. The van der Waals surface area contributed by atoms with Gasteiger partial charge in [0.05, 0.1) is 5.56 Å². The molecule has 0 heterocycles. The fourth-order valence-corrected chi connectivity index (χ4v) is 2.31. The molecule has 1 unspecified atom stereocenters. The van der Waals surface area contributed by atoms with Crippen LogP contribution < -0.4 is 15.8 Å². The lowest BCUT2D eigenvalue weighted by atomic mass is 10.2. The van der Waals surface area contributed by atoms with E-state index in [0.717, 1.165) is 17.3 Å². The van der Waals surface area contributed by atoms with Crippen LogP contribution in [0.3, 0.4) is 0 Å². The van der Waals surface area contributed by atoms with E-state index in [1.165, 1.54) is 0 Å². The number of hydrogen-bond donors (Lipinski definition) is 2. The second-order valence-electron chi connectivity index (χ2n) is 4.55. The van der Waals surface area contributed by atoms with Gasteiger partial charge in [-0.25, -0.2) is 0 Å². The van der Waals surface area contributed by atoms with Crippen LogP contribution in [-0.2, 0) is 4.79 Å². The number of benzene rings is 1. The van der Waals surface area contributed by atoms with Crippen molar-refractivity contribution in [2.45, 2.75) is 32.7 Å². The molecule has 0 saturated carbocycles. The average molecular weight is 359 g/mol. The number of carbonyl (C=O) groups is 1. The van der Waals surface area contributed by atoms with E-state index in [2.05, 4.69) is 28.2 Å². The third-order valence-electron chi connectivity index (χ3n) is 2.69. The van der Waals surface area contributed by atoms with Gasteiger partial charge in [-0.15, -0.1) is 0 Å². The Morgan fingerprint density at radius 1 is 1.55 bits per heavy atom. The monoisotopic (exact) mass is 358 g/mol. The summed E-state index contributed by atoms with van der Waals surface area (Å²) in [6.45, 7) is 4.00. The second-order valence-corrected chi connectivity index (χ2v) is 5.91. The number of hydrogen-bond acceptors (Lipinski definition) is 3. The molecule has 0 aromatic heterocycles. The maximum Gasteiger partial charge on any atom is 0.258 e. The lowest BCUT2D eigenvalue weighted by Gasteiger charge is -2.14. The molecule has 1 amide bonds. The maximum absolute atomic E-state index is 11.7. The number of halogens is 1. The van der Waals surface area contributed by atoms with Gasteiger partial charge in [0.15, 0.2) is 6.61 Å². The molecule has 6 heteroatoms. The van der Waals surface area contributed by atoms with Gasteiger partial charge in [-0.05, 0) is 31.5 Å². The molecule has 0 aliphatic heterocycles. The lowest BCUT2D eigenvalue weighted by Crippen LogP contribution is -2.36. The van der Waals surface area contributed by atoms with Crippen LogP contribution in [-0.4, -0.2) is 23.5 Å². The molecular weight excluding hydrogens is 340 g/mol. The molecule has 0 saturated heterocycles. The van der Waals surface area contributed by atoms with Gasteiger partial charge in [-0.1, -0.05) is 41.5 Å². The molecule has 0 fully saturated rings. The summed E-state index contributed by atoms with van der Waals surface area (Å²) >= 11 is 8.31. The Kier molecular flexibility index (Phi) is 6.95. The van der Waals surface area contributed by atoms with Crippen molar-refractivity contribution < 1.29 is 9.53 Å². The van der Waals surface area contributed by atoms with Gasteiger partial charge >= 0.3 is 0 Å². The fraction of sp³-hybridized carbons (Fsp3) is 0.429. The summed E-state index contributed by atoms with van der Waals surface area (Å²) in [5.41, 5.74) is 6.25. The summed E-state index contributed by atoms with van der Waals surface area (Å²) in [4.78, 5) is 12.0. The number of carbonyl (C=O) groups excluding carboxylic acids is 1. The molecular formula is C14H19BrN2O2S. The van der Waals surface area contributed by atoms with E-state index in [9.17, 15) is 4.79 Å². The Labute approximate surface area is 133 Å². The first kappa shape index (κ1) is 16.9. The molecule has 0 radical (unpaired) electrons. The molecule has 110 valence electrons. The number of ether oxygens (including phenoxy) is 1. The third-order valence-corrected chi connectivity index (χ3v) is 3.41. The summed E-state index contributed by atoms with van der Waals surface area (Å²) in [6.07, 6.45) is 1.97. The van der Waals surface area contributed by atoms with Gasteiger partial charge in [-0.3, -0.25) is 4.79 Å². The SMILES string of the molecule is CCCC(C)NC(=O)COc1ccc(Br)cc1C(N)=S. The van der Waals surface area contributed by atoms with Crippen LogP contribution in [0.4, 0.5) is 0 Å². The molecule has 1 aromatic rings. The van der Waals surface area contributed by atoms with Crippen LogP contribution in [0.5, 0.6) is 5.75 Å². The van der Waals surface area contributed by atoms with Gasteiger partial charge in [0.2, 0.25) is 0 Å². The number of nitrogens with two attached hydrogens (primary N) is 1. The summed E-state index contributed by atoms with van der Waals surface area (Å²) in [7, 11) is 0. The predicted octanol–water partition coefficient (Wildman–Crippen LogP) is 2.77. The van der Waals surface area contributed by atoms with E-state index in [-0.39, 0.29) is 23.5 Å². The van der Waals surface area contributed by atoms with Crippen LogP contribution in [0, 0.1) is 0 Å². The molecule has 3 N–H and O–H groups in total. The Bertz CT molecular complexity index is 494. The zero-order valence-corrected chi connectivity index (χ0v) is 14.0. The van der Waals surface area contributed by atoms with Crippen LogP contribution in [0.15, 0.2) is 22.7 Å². The summed E-state index contributed by atoms with van der Waals surface area (Å²) in [5.74, 6) is 0.363. The van der Waals surface area contributed by atoms with Crippen molar-refractivity contribution in [1.29, 1.82) is 0 Å². The van der Waals surface area contributed by atoms with Gasteiger partial charge in [0, 0.05) is 10.5 Å². The first-order valence-electron chi connectivity index (χ1n) is 6.45. The van der Waals surface area contributed by atoms with Crippen molar-refractivity contribution in [2.24, 2.45) is 5.73 Å². The quantitative estimate of drug-likeness (QED) is 0.735. The van der Waals surface area contributed by atoms with E-state index < -0.39 is 0 Å². The highest BCUT2D eigenvalue weighted by Gasteiger charge is 2.11. The van der Waals surface area contributed by atoms with Gasteiger partial charge < -0.3 is 15.8 Å². The minimum atomic E-state index is -0.150. The molecule has 0 aliphatic rings. The van der Waals surface area contributed by atoms with E-state index in [4.69, 9.17) is 22.7 Å². The van der Waals surface area contributed by atoms with Crippen molar-refractivity contribution in [3.63, 3.8) is 0 Å². The minimum absolute atomic E-state index is 0.0503. The molecule has 4 nitrogen and oxygen atoms in total. The van der Waals surface area contributed by atoms with Crippen LogP contribution in [0.2, 0.25) is 0 Å². The topological polar surface area (TPSA) is 64.3 Å².